The number of carbonyl (C=O) groups is 2. The lowest BCUT2D eigenvalue weighted by molar-refractivity contribution is -0.530. The van der Waals surface area contributed by atoms with Gasteiger partial charge in [0.25, 0.3) is 0 Å². The fraction of sp³-hybridized carbons (Fsp3) is 0.939. The van der Waals surface area contributed by atoms with Crippen LogP contribution in [0.1, 0.15) is 89.9 Å². The minimum Gasteiger partial charge on any atom is -0.481 e. The molecule has 4 fully saturated rings. The van der Waals surface area contributed by atoms with Crippen LogP contribution in [0.25, 0.3) is 0 Å². The van der Waals surface area contributed by atoms with Crippen molar-refractivity contribution in [1.82, 2.24) is 0 Å². The molecule has 0 aromatic rings. The van der Waals surface area contributed by atoms with E-state index in [-0.39, 0.29) is 107 Å². The van der Waals surface area contributed by atoms with Crippen molar-refractivity contribution in [2.24, 2.45) is 29.1 Å². The minimum atomic E-state index is -5.80. The average molecular weight is 811 g/mol. The quantitative estimate of drug-likeness (QED) is 0.0572. The Morgan fingerprint density at radius 2 is 1.13 bits per heavy atom. The third-order valence-corrected chi connectivity index (χ3v) is 11.7. The number of alkyl halides is 6. The van der Waals surface area contributed by atoms with Crippen LogP contribution in [-0.4, -0.2) is 107 Å². The summed E-state index contributed by atoms with van der Waals surface area (Å²) in [7, 11) is 0. The van der Waals surface area contributed by atoms with Gasteiger partial charge in [-0.3, -0.25) is 35.1 Å². The number of carboxylic acids is 1. The van der Waals surface area contributed by atoms with Gasteiger partial charge in [-0.05, 0) is 76.0 Å². The molecule has 316 valence electrons. The molecule has 55 heavy (non-hydrogen) atoms. The fourth-order valence-electron chi connectivity index (χ4n) is 8.05. The van der Waals surface area contributed by atoms with Crippen LogP contribution >= 0.6 is 0 Å². The van der Waals surface area contributed by atoms with Crippen molar-refractivity contribution in [3.63, 3.8) is 0 Å². The van der Waals surface area contributed by atoms with E-state index in [2.05, 4.69) is 4.89 Å². The molecule has 6 atom stereocenters. The van der Waals surface area contributed by atoms with E-state index in [1.165, 1.54) is 0 Å². The second kappa shape index (κ2) is 19.5. The van der Waals surface area contributed by atoms with Crippen LogP contribution in [0, 0.1) is 49.3 Å². The Balaban J connectivity index is 1.24. The molecular weight excluding hydrogens is 762 g/mol. The van der Waals surface area contributed by atoms with E-state index >= 15 is 0 Å². The number of rotatable bonds is 17. The number of nitrogens with zero attached hydrogens (tertiary/aromatic N) is 2. The number of halogens is 6. The molecule has 0 heterocycles. The number of hydrogen-bond acceptors (Lipinski definition) is 13. The Bertz CT molecular complexity index is 1280. The van der Waals surface area contributed by atoms with Gasteiger partial charge in [0, 0.05) is 35.5 Å². The maximum atomic E-state index is 14.3. The topological polar surface area (TPSA) is 216 Å². The highest BCUT2D eigenvalue weighted by molar-refractivity contribution is 5.81. The number of carbonyl (C=O) groups excluding carboxylic acids is 1. The van der Waals surface area contributed by atoms with Gasteiger partial charge in [-0.25, -0.2) is 14.7 Å². The third-order valence-electron chi connectivity index (χ3n) is 11.7. The summed E-state index contributed by atoms with van der Waals surface area (Å²) in [5.41, 5.74) is -4.35. The van der Waals surface area contributed by atoms with Crippen LogP contribution < -0.4 is 0 Å². The molecule has 0 amide bonds. The number of aliphatic carboxylic acids is 1. The maximum Gasteiger partial charge on any atom is 0.407 e. The van der Waals surface area contributed by atoms with Gasteiger partial charge >= 0.3 is 24.3 Å². The average Bonchev–Trinajstić information content (AvgIpc) is 3.12. The predicted octanol–water partition coefficient (Wildman–Crippen LogP) is 5.94. The number of hydrogen-bond donors (Lipinski definition) is 2. The summed E-state index contributed by atoms with van der Waals surface area (Å²) < 4.78 is 102. The summed E-state index contributed by atoms with van der Waals surface area (Å²) >= 11 is 0. The predicted molar refractivity (Wildman–Crippen MR) is 171 cm³/mol. The van der Waals surface area contributed by atoms with E-state index in [9.17, 15) is 61.3 Å². The minimum absolute atomic E-state index is 0.00774. The van der Waals surface area contributed by atoms with Crippen LogP contribution in [0.2, 0.25) is 0 Å². The first-order valence-electron chi connectivity index (χ1n) is 18.5. The first kappa shape index (κ1) is 44.8. The van der Waals surface area contributed by atoms with Crippen molar-refractivity contribution in [1.29, 1.82) is 0 Å². The van der Waals surface area contributed by atoms with Gasteiger partial charge in [-0.15, -0.1) is 0 Å². The van der Waals surface area contributed by atoms with Crippen molar-refractivity contribution in [3.8, 4) is 0 Å². The van der Waals surface area contributed by atoms with E-state index in [1.54, 1.807) is 0 Å². The molecule has 6 unspecified atom stereocenters. The molecular formula is C33H48F6N2O14. The van der Waals surface area contributed by atoms with E-state index < -0.39 is 96.2 Å². The Labute approximate surface area is 311 Å². The van der Waals surface area contributed by atoms with E-state index in [0.29, 0.717) is 12.8 Å². The molecule has 0 saturated heterocycles. The summed E-state index contributed by atoms with van der Waals surface area (Å²) in [6, 6.07) is -1.91. The standard InChI is InChI=1S/C33H48F6N2O14/c34-32(35,36)31(33(37,38)39,17-50-23-4-8-25(9-5-23)54-30(44)28-14-22(41(47)48)3-12-27(28)29(42)43)18-51-24-6-10-26(11-7-24)55-53-16-20-13-21(40(45)46)2-1-19(20)15-52-49/h19-28,49H,1-18H2,(H,42,43). The lowest BCUT2D eigenvalue weighted by Crippen LogP contribution is -2.57. The smallest absolute Gasteiger partial charge is 0.407 e. The van der Waals surface area contributed by atoms with Gasteiger partial charge in [0.1, 0.15) is 6.10 Å². The van der Waals surface area contributed by atoms with Gasteiger partial charge in [-0.1, -0.05) is 0 Å². The van der Waals surface area contributed by atoms with Crippen molar-refractivity contribution in [3.05, 3.63) is 20.2 Å². The SMILES string of the molecule is O=C(O)C1CCC([N+](=O)[O-])CC1C(=O)OC1CCC(OCC(COC2CCC(OOCC3CC([N+](=O)[O-])CCC3COO)CC2)(C(F)(F)F)C(F)(F)F)CC1. The van der Waals surface area contributed by atoms with Crippen molar-refractivity contribution < 1.29 is 85.0 Å². The Kier molecular flexibility index (Phi) is 15.9. The van der Waals surface area contributed by atoms with Crippen LogP contribution in [0.4, 0.5) is 26.3 Å². The van der Waals surface area contributed by atoms with Gasteiger partial charge < -0.3 is 19.3 Å². The molecule has 0 aromatic heterocycles. The molecule has 16 nitrogen and oxygen atoms in total. The zero-order chi connectivity index (χ0) is 40.6. The van der Waals surface area contributed by atoms with Gasteiger partial charge in [0.15, 0.2) is 0 Å². The van der Waals surface area contributed by atoms with Crippen LogP contribution in [0.3, 0.4) is 0 Å². The lowest BCUT2D eigenvalue weighted by Gasteiger charge is -2.40. The first-order valence-corrected chi connectivity index (χ1v) is 18.5. The van der Waals surface area contributed by atoms with Crippen molar-refractivity contribution in [2.45, 2.75) is 139 Å². The van der Waals surface area contributed by atoms with Gasteiger partial charge in [-0.2, -0.15) is 26.3 Å². The highest BCUT2D eigenvalue weighted by Crippen LogP contribution is 2.51. The number of esters is 1. The summed E-state index contributed by atoms with van der Waals surface area (Å²) in [4.78, 5) is 61.0. The maximum absolute atomic E-state index is 14.3. The second-order valence-electron chi connectivity index (χ2n) is 15.2. The number of nitro groups is 2. The number of ether oxygens (including phenoxy) is 3. The fourth-order valence-corrected chi connectivity index (χ4v) is 8.05. The largest absolute Gasteiger partial charge is 0.481 e. The molecule has 0 bridgehead atoms. The Morgan fingerprint density at radius 1 is 0.636 bits per heavy atom. The Hall–Kier alpha value is -2.92. The molecule has 4 rings (SSSR count). The zero-order valence-corrected chi connectivity index (χ0v) is 30.0. The molecule has 0 aromatic carbocycles. The normalized spacial score (nSPS) is 32.4. The van der Waals surface area contributed by atoms with Gasteiger partial charge in [0.05, 0.1) is 56.6 Å². The molecule has 2 N–H and O–H groups in total. The van der Waals surface area contributed by atoms with E-state index in [4.69, 9.17) is 29.2 Å². The van der Waals surface area contributed by atoms with E-state index in [0.717, 1.165) is 0 Å². The molecule has 4 saturated carbocycles. The summed E-state index contributed by atoms with van der Waals surface area (Å²) in [6.45, 7) is -3.60. The molecule has 4 aliphatic carbocycles. The zero-order valence-electron chi connectivity index (χ0n) is 30.0. The molecule has 0 aliphatic heterocycles. The van der Waals surface area contributed by atoms with Crippen LogP contribution in [0.5, 0.6) is 0 Å². The highest BCUT2D eigenvalue weighted by Gasteiger charge is 2.71. The molecule has 0 spiro atoms. The number of carboxylic acid groups (broad SMARTS) is 1. The summed E-state index contributed by atoms with van der Waals surface area (Å²) in [5, 5.41) is 40.8. The highest BCUT2D eigenvalue weighted by atomic mass is 19.4. The lowest BCUT2D eigenvalue weighted by atomic mass is 9.77. The van der Waals surface area contributed by atoms with E-state index in [1.807, 2.05) is 0 Å². The molecule has 4 aliphatic rings. The Morgan fingerprint density at radius 3 is 1.62 bits per heavy atom. The third kappa shape index (κ3) is 11.8. The van der Waals surface area contributed by atoms with Crippen LogP contribution in [0.15, 0.2) is 0 Å². The van der Waals surface area contributed by atoms with Crippen molar-refractivity contribution >= 4 is 11.9 Å². The van der Waals surface area contributed by atoms with Crippen molar-refractivity contribution in [2.75, 3.05) is 26.4 Å². The molecule has 0 radical (unpaired) electrons. The monoisotopic (exact) mass is 810 g/mol. The summed E-state index contributed by atoms with van der Waals surface area (Å²) in [5.74, 6) is -5.27. The van der Waals surface area contributed by atoms with Crippen LogP contribution in [-0.2, 0) is 38.5 Å². The second-order valence-corrected chi connectivity index (χ2v) is 15.2. The summed E-state index contributed by atoms with van der Waals surface area (Å²) in [6.07, 6.45) is -14.1. The molecule has 22 heteroatoms. The first-order chi connectivity index (χ1) is 25.8. The van der Waals surface area contributed by atoms with Gasteiger partial charge in [0.2, 0.25) is 17.5 Å².